The van der Waals surface area contributed by atoms with E-state index in [4.69, 9.17) is 9.11 Å². The van der Waals surface area contributed by atoms with Crippen LogP contribution in [0.5, 0.6) is 0 Å². The second-order valence-corrected chi connectivity index (χ2v) is 6.10. The van der Waals surface area contributed by atoms with Gasteiger partial charge in [-0.05, 0) is 16.2 Å². The quantitative estimate of drug-likeness (QED) is 0.420. The molecular weight excluding hydrogens is 280 g/mol. The molecule has 1 atom stereocenters. The second kappa shape index (κ2) is 8.11. The van der Waals surface area contributed by atoms with Gasteiger partial charge in [-0.1, -0.05) is 30.3 Å². The molecule has 0 aliphatic heterocycles. The second-order valence-electron chi connectivity index (χ2n) is 4.48. The van der Waals surface area contributed by atoms with Gasteiger partial charge in [-0.25, -0.2) is 0 Å². The summed E-state index contributed by atoms with van der Waals surface area (Å²) < 4.78 is 28.2. The predicted molar refractivity (Wildman–Crippen MR) is 78.8 cm³/mol. The normalized spacial score (nSPS) is 12.9. The summed E-state index contributed by atoms with van der Waals surface area (Å²) in [7, 11) is -2.13. The van der Waals surface area contributed by atoms with E-state index in [2.05, 4.69) is 10.6 Å². The zero-order chi connectivity index (χ0) is 15.0. The largest absolute Gasteiger partial charge is 0.358 e. The third-order valence-electron chi connectivity index (χ3n) is 2.82. The van der Waals surface area contributed by atoms with Gasteiger partial charge in [0, 0.05) is 20.0 Å². The molecule has 0 unspecified atom stereocenters. The molecule has 20 heavy (non-hydrogen) atoms. The first kappa shape index (κ1) is 16.8. The summed E-state index contributed by atoms with van der Waals surface area (Å²) in [6.07, 6.45) is 0.849. The van der Waals surface area contributed by atoms with Gasteiger partial charge in [-0.2, -0.15) is 9.11 Å². The van der Waals surface area contributed by atoms with Crippen LogP contribution in [0.2, 0.25) is 0 Å². The topological polar surface area (TPSA) is 98.7 Å². The van der Waals surface area contributed by atoms with Crippen molar-refractivity contribution in [3.8, 4) is 0 Å². The standard InChI is InChI=1S/C13H20N2O4S/c1-14-13(16)12(10-11-6-3-2-4-7-11)15-8-5-9-20(17,18)19/h2-4,6-7,12,15H,5,8-10H2,1H3,(H2-,14,16,17,18,19)/p+1/t12-/m1/s1. The zero-order valence-electron chi connectivity index (χ0n) is 11.4. The highest BCUT2D eigenvalue weighted by Gasteiger charge is 2.21. The van der Waals surface area contributed by atoms with Gasteiger partial charge in [-0.3, -0.25) is 4.79 Å². The first-order valence-electron chi connectivity index (χ1n) is 6.38. The van der Waals surface area contributed by atoms with E-state index in [1.54, 1.807) is 7.05 Å². The summed E-state index contributed by atoms with van der Waals surface area (Å²) in [5.74, 6) is -0.339. The molecule has 1 aromatic carbocycles. The van der Waals surface area contributed by atoms with Gasteiger partial charge in [0.1, 0.15) is 0 Å². The summed E-state index contributed by atoms with van der Waals surface area (Å²) in [5.41, 5.74) is 1.03. The van der Waals surface area contributed by atoms with Gasteiger partial charge in [0.25, 0.3) is 0 Å². The number of likely N-dealkylation sites (N-methyl/N-ethyl adjacent to an activating group) is 1. The first-order valence-corrected chi connectivity index (χ1v) is 8.02. The van der Waals surface area contributed by atoms with Gasteiger partial charge >= 0.3 is 10.5 Å². The number of amides is 1. The van der Waals surface area contributed by atoms with Gasteiger partial charge in [0.05, 0.1) is 6.04 Å². The number of nitrogens with one attached hydrogen (secondary N) is 2. The van der Waals surface area contributed by atoms with E-state index in [-0.39, 0.29) is 11.7 Å². The third kappa shape index (κ3) is 6.76. The number of hydrogen-bond acceptors (Lipinski definition) is 3. The summed E-state index contributed by atoms with van der Waals surface area (Å²) in [6.45, 7) is 0.378. The predicted octanol–water partition coefficient (Wildman–Crippen LogP) is 0.769. The molecular formula is C13H21N2O4S+. The molecule has 0 heterocycles. The molecule has 0 bridgehead atoms. The van der Waals surface area contributed by atoms with Crippen molar-refractivity contribution >= 4 is 16.4 Å². The van der Waals surface area contributed by atoms with Crippen molar-refractivity contribution in [3.05, 3.63) is 35.9 Å². The lowest BCUT2D eigenvalue weighted by Gasteiger charge is -2.17. The fourth-order valence-electron chi connectivity index (χ4n) is 1.82. The van der Waals surface area contributed by atoms with Gasteiger partial charge in [0.15, 0.2) is 5.75 Å². The minimum Gasteiger partial charge on any atom is -0.358 e. The maximum Gasteiger partial charge on any atom is 0.350 e. The Morgan fingerprint density at radius 1 is 1.30 bits per heavy atom. The summed E-state index contributed by atoms with van der Waals surface area (Å²) in [5, 5.41) is 5.62. The van der Waals surface area contributed by atoms with E-state index in [0.717, 1.165) is 5.56 Å². The summed E-state index contributed by atoms with van der Waals surface area (Å²) >= 11 is 0. The van der Waals surface area contributed by atoms with Crippen molar-refractivity contribution in [1.82, 2.24) is 10.6 Å². The number of hydrogen-bond donors (Lipinski definition) is 4. The van der Waals surface area contributed by atoms with Crippen LogP contribution in [0.15, 0.2) is 30.3 Å². The fourth-order valence-corrected chi connectivity index (χ4v) is 2.34. The van der Waals surface area contributed by atoms with Crippen LogP contribution in [0.3, 0.4) is 0 Å². The fraction of sp³-hybridized carbons (Fsp3) is 0.462. The molecule has 0 aliphatic rings. The maximum atomic E-state index is 11.8. The Balaban J connectivity index is 2.49. The van der Waals surface area contributed by atoms with Gasteiger partial charge < -0.3 is 10.6 Å². The Bertz CT molecular complexity index is 461. The molecule has 1 rings (SSSR count). The Morgan fingerprint density at radius 3 is 2.50 bits per heavy atom. The average Bonchev–Trinajstić information content (AvgIpc) is 2.41. The van der Waals surface area contributed by atoms with Crippen molar-refractivity contribution in [2.75, 3.05) is 19.3 Å². The molecule has 0 fully saturated rings. The van der Waals surface area contributed by atoms with E-state index >= 15 is 0 Å². The molecule has 0 saturated carbocycles. The SMILES string of the molecule is CNC(=O)[C@@H](Cc1ccccc1)NCCC[S+](=O)(O)O. The van der Waals surface area contributed by atoms with E-state index in [9.17, 15) is 9.00 Å². The lowest BCUT2D eigenvalue weighted by molar-refractivity contribution is -0.122. The van der Waals surface area contributed by atoms with Crippen molar-refractivity contribution < 1.29 is 18.1 Å². The molecule has 0 saturated heterocycles. The highest BCUT2D eigenvalue weighted by Crippen LogP contribution is 2.04. The number of carbonyl (C=O) groups is 1. The molecule has 7 heteroatoms. The minimum atomic E-state index is -3.70. The van der Waals surface area contributed by atoms with Crippen molar-refractivity contribution in [2.45, 2.75) is 18.9 Å². The van der Waals surface area contributed by atoms with Crippen molar-refractivity contribution in [2.24, 2.45) is 0 Å². The zero-order valence-corrected chi connectivity index (χ0v) is 12.2. The molecule has 1 aromatic rings. The van der Waals surface area contributed by atoms with Crippen LogP contribution in [-0.2, 0) is 25.9 Å². The van der Waals surface area contributed by atoms with Crippen LogP contribution >= 0.6 is 0 Å². The van der Waals surface area contributed by atoms with Crippen LogP contribution in [-0.4, -0.2) is 40.4 Å². The summed E-state index contributed by atoms with van der Waals surface area (Å²) in [6, 6.07) is 9.19. The monoisotopic (exact) mass is 301 g/mol. The van der Waals surface area contributed by atoms with Crippen LogP contribution in [0, 0.1) is 0 Å². The van der Waals surface area contributed by atoms with Crippen LogP contribution in [0.1, 0.15) is 12.0 Å². The molecule has 6 nitrogen and oxygen atoms in total. The molecule has 1 amide bonds. The van der Waals surface area contributed by atoms with E-state index in [1.165, 1.54) is 0 Å². The Hall–Kier alpha value is -1.28. The van der Waals surface area contributed by atoms with E-state index in [1.807, 2.05) is 30.3 Å². The number of carbonyl (C=O) groups excluding carboxylic acids is 1. The van der Waals surface area contributed by atoms with Crippen molar-refractivity contribution in [1.29, 1.82) is 0 Å². The van der Waals surface area contributed by atoms with E-state index < -0.39 is 16.5 Å². The van der Waals surface area contributed by atoms with Crippen LogP contribution in [0.25, 0.3) is 0 Å². The smallest absolute Gasteiger partial charge is 0.350 e. The molecule has 0 spiro atoms. The third-order valence-corrected chi connectivity index (χ3v) is 3.64. The summed E-state index contributed by atoms with van der Waals surface area (Å²) in [4.78, 5) is 11.8. The lowest BCUT2D eigenvalue weighted by atomic mass is 10.1. The highest BCUT2D eigenvalue weighted by atomic mass is 32.3. The average molecular weight is 301 g/mol. The Labute approximate surface area is 120 Å². The van der Waals surface area contributed by atoms with Gasteiger partial charge in [-0.15, -0.1) is 0 Å². The van der Waals surface area contributed by atoms with Crippen LogP contribution < -0.4 is 10.6 Å². The number of rotatable bonds is 8. The van der Waals surface area contributed by atoms with Gasteiger partial charge in [0.2, 0.25) is 5.91 Å². The maximum absolute atomic E-state index is 11.8. The first-order chi connectivity index (χ1) is 9.42. The molecule has 0 aromatic heterocycles. The molecule has 0 aliphatic carbocycles. The number of benzene rings is 1. The lowest BCUT2D eigenvalue weighted by Crippen LogP contribution is -2.45. The molecule has 112 valence electrons. The van der Waals surface area contributed by atoms with E-state index in [0.29, 0.717) is 19.4 Å². The Morgan fingerprint density at radius 2 is 1.95 bits per heavy atom. The van der Waals surface area contributed by atoms with Crippen LogP contribution in [0.4, 0.5) is 0 Å². The highest BCUT2D eigenvalue weighted by molar-refractivity contribution is 7.92. The minimum absolute atomic E-state index is 0.136. The molecule has 0 radical (unpaired) electrons. The molecule has 4 N–H and O–H groups in total. The van der Waals surface area contributed by atoms with Crippen molar-refractivity contribution in [3.63, 3.8) is 0 Å². The Kier molecular flexibility index (Phi) is 6.80.